The van der Waals surface area contributed by atoms with Crippen LogP contribution in [-0.2, 0) is 30.5 Å². The second-order valence-corrected chi connectivity index (χ2v) is 11.1. The van der Waals surface area contributed by atoms with E-state index in [0.717, 1.165) is 40.8 Å². The molecule has 1 fully saturated rings. The van der Waals surface area contributed by atoms with Crippen molar-refractivity contribution in [3.05, 3.63) is 17.2 Å². The molecule has 0 spiro atoms. The van der Waals surface area contributed by atoms with Gasteiger partial charge in [-0.25, -0.2) is 4.98 Å². The number of thioether (sulfide) groups is 1. The van der Waals surface area contributed by atoms with E-state index in [9.17, 15) is 23.1 Å². The lowest BCUT2D eigenvalue weighted by Gasteiger charge is -2.31. The van der Waals surface area contributed by atoms with Crippen LogP contribution in [0.3, 0.4) is 0 Å². The first-order valence-electron chi connectivity index (χ1n) is 12.7. The molecule has 0 aromatic carbocycles. The summed E-state index contributed by atoms with van der Waals surface area (Å²) in [6.45, 7) is 5.31. The van der Waals surface area contributed by atoms with Gasteiger partial charge in [0.2, 0.25) is 17.7 Å². The summed E-state index contributed by atoms with van der Waals surface area (Å²) in [6, 6.07) is -0.422. The minimum atomic E-state index is -4.56. The molecule has 5 rings (SSSR count). The molecular weight excluding hydrogens is 509 g/mol. The number of nitrogens with one attached hydrogen (secondary N) is 1. The zero-order valence-corrected chi connectivity index (χ0v) is 21.6. The SMILES string of the molecule is CCCC(=O)NC1CN(c2nc3c(c(N4CCn5c(nnc5C(F)(F)F)C4)n2)CC(CCC)S3)CC1O. The monoisotopic (exact) mass is 540 g/mol. The van der Waals surface area contributed by atoms with E-state index in [1.807, 2.05) is 16.7 Å². The van der Waals surface area contributed by atoms with Gasteiger partial charge >= 0.3 is 6.18 Å². The van der Waals surface area contributed by atoms with Crippen molar-refractivity contribution in [3.8, 4) is 0 Å². The van der Waals surface area contributed by atoms with Crippen LogP contribution >= 0.6 is 11.8 Å². The number of aliphatic hydroxyl groups is 1. The van der Waals surface area contributed by atoms with Crippen LogP contribution in [0.5, 0.6) is 0 Å². The van der Waals surface area contributed by atoms with Crippen LogP contribution in [0.2, 0.25) is 0 Å². The third-order valence-electron chi connectivity index (χ3n) is 6.96. The Morgan fingerprint density at radius 1 is 1.14 bits per heavy atom. The zero-order valence-electron chi connectivity index (χ0n) is 20.8. The molecule has 3 atom stereocenters. The summed E-state index contributed by atoms with van der Waals surface area (Å²) in [4.78, 5) is 25.6. The highest BCUT2D eigenvalue weighted by molar-refractivity contribution is 8.00. The number of carbonyl (C=O) groups excluding carboxylic acids is 1. The largest absolute Gasteiger partial charge is 0.451 e. The molecule has 2 N–H and O–H groups in total. The normalized spacial score (nSPS) is 23.4. The molecular formula is C23H31F3N8O2S. The van der Waals surface area contributed by atoms with Crippen molar-refractivity contribution in [1.82, 2.24) is 30.0 Å². The maximum absolute atomic E-state index is 13.3. The summed E-state index contributed by atoms with van der Waals surface area (Å²) < 4.78 is 41.1. The molecule has 37 heavy (non-hydrogen) atoms. The van der Waals surface area contributed by atoms with Gasteiger partial charge in [0.25, 0.3) is 0 Å². The van der Waals surface area contributed by atoms with Gasteiger partial charge in [0.15, 0.2) is 5.82 Å². The first-order chi connectivity index (χ1) is 17.7. The Bertz CT molecular complexity index is 1160. The summed E-state index contributed by atoms with van der Waals surface area (Å²) in [5.74, 6) is 0.322. The quantitative estimate of drug-likeness (QED) is 0.511. The van der Waals surface area contributed by atoms with Crippen molar-refractivity contribution in [2.24, 2.45) is 0 Å². The van der Waals surface area contributed by atoms with E-state index in [2.05, 4.69) is 22.4 Å². The number of amides is 1. The highest BCUT2D eigenvalue weighted by Crippen LogP contribution is 2.43. The molecule has 2 aromatic rings. The maximum Gasteiger partial charge on any atom is 0.451 e. The van der Waals surface area contributed by atoms with Gasteiger partial charge in [0.05, 0.1) is 18.7 Å². The van der Waals surface area contributed by atoms with Crippen LogP contribution in [-0.4, -0.2) is 72.8 Å². The Hall–Kier alpha value is -2.61. The van der Waals surface area contributed by atoms with Crippen molar-refractivity contribution in [2.75, 3.05) is 29.4 Å². The Balaban J connectivity index is 1.43. The standard InChI is InChI=1S/C23H31F3N8O2S/c1-3-5-13-9-14-19(32-7-8-34-17(12-32)30-31-21(34)23(24,25)26)28-22(29-20(14)37-13)33-10-15(16(35)11-33)27-18(36)6-4-2/h13,15-16,35H,3-12H2,1-2H3,(H,27,36). The molecule has 3 aliphatic rings. The number of rotatable bonds is 7. The lowest BCUT2D eigenvalue weighted by Crippen LogP contribution is -2.42. The third kappa shape index (κ3) is 5.22. The number of halogens is 3. The number of nitrogens with zero attached hydrogens (tertiary/aromatic N) is 7. The summed E-state index contributed by atoms with van der Waals surface area (Å²) in [7, 11) is 0. The average molecular weight is 541 g/mol. The van der Waals surface area contributed by atoms with Gasteiger partial charge in [-0.05, 0) is 19.3 Å². The first-order valence-corrected chi connectivity index (χ1v) is 13.6. The van der Waals surface area contributed by atoms with Gasteiger partial charge < -0.3 is 24.8 Å². The number of hydrogen-bond donors (Lipinski definition) is 2. The minimum Gasteiger partial charge on any atom is -0.389 e. The summed E-state index contributed by atoms with van der Waals surface area (Å²) in [5, 5.41) is 21.9. The highest BCUT2D eigenvalue weighted by atomic mass is 32.2. The molecule has 3 unspecified atom stereocenters. The zero-order chi connectivity index (χ0) is 26.3. The number of hydrogen-bond acceptors (Lipinski definition) is 9. The van der Waals surface area contributed by atoms with Gasteiger partial charge in [-0.3, -0.25) is 4.79 Å². The number of β-amino-alcohol motifs (C(OH)–C–C–N with tert-alkyl or cyclic N) is 1. The van der Waals surface area contributed by atoms with Gasteiger partial charge in [-0.1, -0.05) is 20.3 Å². The molecule has 3 aliphatic heterocycles. The van der Waals surface area contributed by atoms with Crippen LogP contribution in [0.4, 0.5) is 24.9 Å². The topological polar surface area (TPSA) is 112 Å². The van der Waals surface area contributed by atoms with Crippen molar-refractivity contribution < 1.29 is 23.1 Å². The molecule has 1 saturated heterocycles. The lowest BCUT2D eigenvalue weighted by atomic mass is 10.1. The minimum absolute atomic E-state index is 0.0995. The average Bonchev–Trinajstić information content (AvgIpc) is 3.54. The van der Waals surface area contributed by atoms with Crippen LogP contribution in [0.1, 0.15) is 56.7 Å². The van der Waals surface area contributed by atoms with E-state index in [1.165, 1.54) is 0 Å². The lowest BCUT2D eigenvalue weighted by molar-refractivity contribution is -0.147. The molecule has 1 amide bonds. The van der Waals surface area contributed by atoms with E-state index < -0.39 is 24.1 Å². The highest BCUT2D eigenvalue weighted by Gasteiger charge is 2.41. The van der Waals surface area contributed by atoms with Crippen molar-refractivity contribution in [1.29, 1.82) is 0 Å². The fourth-order valence-electron chi connectivity index (χ4n) is 5.18. The number of anilines is 2. The number of aromatic nitrogens is 5. The Morgan fingerprint density at radius 2 is 1.95 bits per heavy atom. The van der Waals surface area contributed by atoms with E-state index in [0.29, 0.717) is 36.5 Å². The molecule has 0 saturated carbocycles. The van der Waals surface area contributed by atoms with E-state index in [-0.39, 0.29) is 31.4 Å². The van der Waals surface area contributed by atoms with Gasteiger partial charge in [-0.15, -0.1) is 22.0 Å². The van der Waals surface area contributed by atoms with E-state index in [1.54, 1.807) is 11.8 Å². The van der Waals surface area contributed by atoms with E-state index in [4.69, 9.17) is 9.97 Å². The Morgan fingerprint density at radius 3 is 2.68 bits per heavy atom. The fraction of sp³-hybridized carbons (Fsp3) is 0.696. The molecule has 2 aromatic heterocycles. The first kappa shape index (κ1) is 26.0. The fourth-order valence-corrected chi connectivity index (χ4v) is 6.55. The van der Waals surface area contributed by atoms with E-state index >= 15 is 0 Å². The number of fused-ring (bicyclic) bond motifs is 2. The van der Waals surface area contributed by atoms with Crippen LogP contribution in [0, 0.1) is 0 Å². The van der Waals surface area contributed by atoms with Crippen molar-refractivity contribution in [3.63, 3.8) is 0 Å². The smallest absolute Gasteiger partial charge is 0.389 e. The predicted molar refractivity (Wildman–Crippen MR) is 131 cm³/mol. The molecule has 0 radical (unpaired) electrons. The molecule has 0 aliphatic carbocycles. The van der Waals surface area contributed by atoms with Crippen LogP contribution in [0.15, 0.2) is 5.03 Å². The van der Waals surface area contributed by atoms with Crippen molar-refractivity contribution in [2.45, 2.75) is 87.6 Å². The third-order valence-corrected chi connectivity index (χ3v) is 8.25. The second-order valence-electron chi connectivity index (χ2n) is 9.77. The van der Waals surface area contributed by atoms with Gasteiger partial charge in [0.1, 0.15) is 10.8 Å². The van der Waals surface area contributed by atoms with Crippen molar-refractivity contribution >= 4 is 29.4 Å². The Labute approximate surface area is 217 Å². The summed E-state index contributed by atoms with van der Waals surface area (Å²) in [6.07, 6.45) is -1.35. The van der Waals surface area contributed by atoms with Crippen LogP contribution < -0.4 is 15.1 Å². The molecule has 202 valence electrons. The van der Waals surface area contributed by atoms with Gasteiger partial charge in [0, 0.05) is 43.4 Å². The summed E-state index contributed by atoms with van der Waals surface area (Å²) in [5.41, 5.74) is 1.00. The number of alkyl halides is 3. The number of carbonyl (C=O) groups is 1. The second kappa shape index (κ2) is 10.3. The molecule has 10 nitrogen and oxygen atoms in total. The summed E-state index contributed by atoms with van der Waals surface area (Å²) >= 11 is 1.71. The molecule has 14 heteroatoms. The molecule has 5 heterocycles. The number of aliphatic hydroxyl groups excluding tert-OH is 1. The Kier molecular flexibility index (Phi) is 7.22. The molecule has 0 bridgehead atoms. The van der Waals surface area contributed by atoms with Gasteiger partial charge in [-0.2, -0.15) is 18.2 Å². The maximum atomic E-state index is 13.3. The predicted octanol–water partition coefficient (Wildman–Crippen LogP) is 2.39. The van der Waals surface area contributed by atoms with Crippen LogP contribution in [0.25, 0.3) is 0 Å².